The highest BCUT2D eigenvalue weighted by atomic mass is 16.3. The van der Waals surface area contributed by atoms with Gasteiger partial charge in [-0.25, -0.2) is 0 Å². The van der Waals surface area contributed by atoms with Crippen molar-refractivity contribution in [2.75, 3.05) is 0 Å². The van der Waals surface area contributed by atoms with Crippen molar-refractivity contribution in [2.45, 2.75) is 44.3 Å². The van der Waals surface area contributed by atoms with Crippen LogP contribution in [-0.2, 0) is 5.41 Å². The van der Waals surface area contributed by atoms with Crippen molar-refractivity contribution < 1.29 is 10.2 Å². The van der Waals surface area contributed by atoms with Crippen LogP contribution < -0.4 is 0 Å². The summed E-state index contributed by atoms with van der Waals surface area (Å²) in [5, 5.41) is 23.8. The van der Waals surface area contributed by atoms with Gasteiger partial charge in [0.15, 0.2) is 0 Å². The first-order chi connectivity index (χ1) is 14.6. The van der Waals surface area contributed by atoms with Crippen LogP contribution in [0.5, 0.6) is 0 Å². The summed E-state index contributed by atoms with van der Waals surface area (Å²) in [5.41, 5.74) is 0.112. The Balaban J connectivity index is 2.02. The minimum absolute atomic E-state index is 0.733. The Bertz CT molecular complexity index is 1080. The van der Waals surface area contributed by atoms with E-state index in [2.05, 4.69) is 74.5 Å². The zero-order chi connectivity index (χ0) is 22.1. The van der Waals surface area contributed by atoms with Crippen molar-refractivity contribution >= 4 is 0 Å². The van der Waals surface area contributed by atoms with Crippen LogP contribution in [0.25, 0.3) is 11.1 Å². The van der Waals surface area contributed by atoms with Gasteiger partial charge in [-0.2, -0.15) is 0 Å². The molecule has 0 aromatic heterocycles. The summed E-state index contributed by atoms with van der Waals surface area (Å²) in [4.78, 5) is 0. The molecule has 0 heterocycles. The predicted octanol–water partition coefficient (Wildman–Crippen LogP) is 5.72. The zero-order valence-corrected chi connectivity index (χ0v) is 18.6. The van der Waals surface area contributed by atoms with E-state index in [1.165, 1.54) is 0 Å². The molecule has 2 N–H and O–H groups in total. The third kappa shape index (κ3) is 2.20. The van der Waals surface area contributed by atoms with Crippen LogP contribution in [0.2, 0.25) is 0 Å². The van der Waals surface area contributed by atoms with Crippen LogP contribution in [0, 0.1) is 10.8 Å². The van der Waals surface area contributed by atoms with E-state index >= 15 is 0 Å². The summed E-state index contributed by atoms with van der Waals surface area (Å²) in [6, 6.07) is 17.0. The number of allylic oxidation sites excluding steroid dienone is 4. The van der Waals surface area contributed by atoms with Crippen LogP contribution in [0.3, 0.4) is 0 Å². The van der Waals surface area contributed by atoms with Crippen LogP contribution in [0.4, 0.5) is 0 Å². The normalized spacial score (nSPS) is 37.0. The average Bonchev–Trinajstić information content (AvgIpc) is 3.05. The van der Waals surface area contributed by atoms with Gasteiger partial charge in [-0.1, -0.05) is 111 Å². The minimum Gasteiger partial charge on any atom is -0.385 e. The lowest BCUT2D eigenvalue weighted by molar-refractivity contribution is -0.110. The number of hydrogen-bond acceptors (Lipinski definition) is 2. The summed E-state index contributed by atoms with van der Waals surface area (Å²) in [6.07, 6.45) is 15.9. The average molecular weight is 411 g/mol. The minimum atomic E-state index is -1.14. The lowest BCUT2D eigenvalue weighted by Gasteiger charge is -2.64. The fraction of sp³-hybridized carbons (Fsp3) is 0.310. The predicted molar refractivity (Wildman–Crippen MR) is 127 cm³/mol. The van der Waals surface area contributed by atoms with Crippen molar-refractivity contribution in [3.05, 3.63) is 108 Å². The van der Waals surface area contributed by atoms with Gasteiger partial charge in [-0.05, 0) is 36.1 Å². The summed E-state index contributed by atoms with van der Waals surface area (Å²) in [6.45, 7) is 8.05. The molecule has 0 aliphatic heterocycles. The molecule has 2 aromatic carbocycles. The standard InChI is InChI=1S/C29H30O2/c1-25(17-9-11-19-27(25,3)30)29(26(2)18-10-12-20-28(26,4)31)23-15-7-5-13-21(23)22-14-6-8-16-24(22)29/h5-20,30-31H,1-4H3. The van der Waals surface area contributed by atoms with Gasteiger partial charge in [0.25, 0.3) is 0 Å². The second-order valence-corrected chi connectivity index (χ2v) is 9.98. The highest BCUT2D eigenvalue weighted by Crippen LogP contribution is 2.71. The number of aliphatic hydroxyl groups is 2. The molecule has 158 valence electrons. The molecule has 4 unspecified atom stereocenters. The molecule has 3 aliphatic rings. The second kappa shape index (κ2) is 6.18. The smallest absolute Gasteiger partial charge is 0.0902 e. The first-order valence-corrected chi connectivity index (χ1v) is 11.0. The Hall–Kier alpha value is -2.68. The summed E-state index contributed by atoms with van der Waals surface area (Å²) in [5.74, 6) is 0. The molecule has 0 amide bonds. The highest BCUT2D eigenvalue weighted by Gasteiger charge is 2.71. The van der Waals surface area contributed by atoms with Gasteiger partial charge in [-0.15, -0.1) is 0 Å². The van der Waals surface area contributed by atoms with Gasteiger partial charge in [0.1, 0.15) is 0 Å². The van der Waals surface area contributed by atoms with Gasteiger partial charge >= 0.3 is 0 Å². The van der Waals surface area contributed by atoms with E-state index in [4.69, 9.17) is 0 Å². The van der Waals surface area contributed by atoms with Crippen LogP contribution >= 0.6 is 0 Å². The molecule has 5 rings (SSSR count). The highest BCUT2D eigenvalue weighted by molar-refractivity contribution is 5.83. The molecule has 0 spiro atoms. The van der Waals surface area contributed by atoms with Crippen molar-refractivity contribution in [3.63, 3.8) is 0 Å². The number of rotatable bonds is 2. The topological polar surface area (TPSA) is 40.5 Å². The van der Waals surface area contributed by atoms with Crippen molar-refractivity contribution in [2.24, 2.45) is 10.8 Å². The van der Waals surface area contributed by atoms with Gasteiger partial charge in [0, 0.05) is 16.2 Å². The molecule has 4 atom stereocenters. The Kier molecular flexibility index (Phi) is 4.04. The zero-order valence-electron chi connectivity index (χ0n) is 18.6. The fourth-order valence-corrected chi connectivity index (χ4v) is 6.57. The van der Waals surface area contributed by atoms with E-state index in [-0.39, 0.29) is 0 Å². The lowest BCUT2D eigenvalue weighted by atomic mass is 9.40. The van der Waals surface area contributed by atoms with E-state index in [0.717, 1.165) is 22.3 Å². The molecule has 2 aromatic rings. The molecular formula is C29H30O2. The molecule has 31 heavy (non-hydrogen) atoms. The largest absolute Gasteiger partial charge is 0.385 e. The van der Waals surface area contributed by atoms with Gasteiger partial charge < -0.3 is 10.2 Å². The van der Waals surface area contributed by atoms with E-state index in [1.807, 2.05) is 50.3 Å². The molecule has 2 nitrogen and oxygen atoms in total. The van der Waals surface area contributed by atoms with Crippen molar-refractivity contribution in [3.8, 4) is 11.1 Å². The maximum absolute atomic E-state index is 11.9. The van der Waals surface area contributed by atoms with Gasteiger partial charge in [0.05, 0.1) is 11.2 Å². The Morgan fingerprint density at radius 3 is 1.26 bits per heavy atom. The third-order valence-corrected chi connectivity index (χ3v) is 8.54. The van der Waals surface area contributed by atoms with Gasteiger partial charge in [0.2, 0.25) is 0 Å². The molecule has 0 saturated heterocycles. The first kappa shape index (κ1) is 20.2. The number of benzene rings is 2. The lowest BCUT2D eigenvalue weighted by Crippen LogP contribution is -2.67. The second-order valence-electron chi connectivity index (χ2n) is 9.98. The monoisotopic (exact) mass is 410 g/mol. The van der Waals surface area contributed by atoms with E-state index in [1.54, 1.807) is 0 Å². The number of hydrogen-bond donors (Lipinski definition) is 2. The molecule has 0 radical (unpaired) electrons. The van der Waals surface area contributed by atoms with E-state index < -0.39 is 27.4 Å². The summed E-state index contributed by atoms with van der Waals surface area (Å²) >= 11 is 0. The maximum atomic E-state index is 11.9. The Labute approximate surface area is 185 Å². The fourth-order valence-electron chi connectivity index (χ4n) is 6.57. The third-order valence-electron chi connectivity index (χ3n) is 8.54. The Morgan fingerprint density at radius 2 is 0.871 bits per heavy atom. The molecular weight excluding hydrogens is 380 g/mol. The quantitative estimate of drug-likeness (QED) is 0.665. The Morgan fingerprint density at radius 1 is 0.516 bits per heavy atom. The SMILES string of the molecule is CC1(O)C=CC=CC1(C)C1(C2(C)C=CC=CC2(C)O)c2ccccc2-c2ccccc21. The molecule has 2 heteroatoms. The maximum Gasteiger partial charge on any atom is 0.0902 e. The molecule has 3 aliphatic carbocycles. The number of fused-ring (bicyclic) bond motifs is 3. The first-order valence-electron chi connectivity index (χ1n) is 11.0. The summed E-state index contributed by atoms with van der Waals surface area (Å²) in [7, 11) is 0. The molecule has 0 saturated carbocycles. The van der Waals surface area contributed by atoms with Crippen LogP contribution in [0.1, 0.15) is 38.8 Å². The summed E-state index contributed by atoms with van der Waals surface area (Å²) < 4.78 is 0. The van der Waals surface area contributed by atoms with Crippen molar-refractivity contribution in [1.29, 1.82) is 0 Å². The van der Waals surface area contributed by atoms with E-state index in [0.29, 0.717) is 0 Å². The van der Waals surface area contributed by atoms with Crippen molar-refractivity contribution in [1.82, 2.24) is 0 Å². The molecule has 0 bridgehead atoms. The van der Waals surface area contributed by atoms with Crippen LogP contribution in [0.15, 0.2) is 97.1 Å². The van der Waals surface area contributed by atoms with Gasteiger partial charge in [-0.3, -0.25) is 0 Å². The van der Waals surface area contributed by atoms with Crippen LogP contribution in [-0.4, -0.2) is 21.4 Å². The molecule has 0 fully saturated rings. The van der Waals surface area contributed by atoms with E-state index in [9.17, 15) is 10.2 Å².